The van der Waals surface area contributed by atoms with E-state index in [9.17, 15) is 0 Å². The molecule has 3 N–H and O–H groups in total. The number of hydrogen-bond donors (Lipinski definition) is 2. The minimum absolute atomic E-state index is 0.337. The summed E-state index contributed by atoms with van der Waals surface area (Å²) < 4.78 is 1.02. The molecule has 0 heterocycles. The van der Waals surface area contributed by atoms with E-state index in [1.54, 1.807) is 0 Å². The van der Waals surface area contributed by atoms with Gasteiger partial charge in [0.05, 0.1) is 0 Å². The molecule has 0 spiro atoms. The van der Waals surface area contributed by atoms with Gasteiger partial charge in [-0.05, 0) is 42.9 Å². The quantitative estimate of drug-likeness (QED) is 0.645. The maximum Gasteiger partial charge on any atom is 0.0449 e. The maximum atomic E-state index is 6.27. The number of nitrogens with two attached hydrogens (primary N) is 1. The Balaban J connectivity index is 2.04. The van der Waals surface area contributed by atoms with Gasteiger partial charge in [0.2, 0.25) is 0 Å². The summed E-state index contributed by atoms with van der Waals surface area (Å²) in [5.41, 5.74) is 4.17. The molecule has 1 aliphatic rings. The van der Waals surface area contributed by atoms with Crippen molar-refractivity contribution < 1.29 is 0 Å². The maximum absolute atomic E-state index is 6.27. The van der Waals surface area contributed by atoms with E-state index < -0.39 is 0 Å². The number of hydrogen-bond acceptors (Lipinski definition) is 2. The van der Waals surface area contributed by atoms with Crippen LogP contribution in [0, 0.1) is 5.92 Å². The average Bonchev–Trinajstić information content (AvgIpc) is 2.39. The van der Waals surface area contributed by atoms with E-state index in [0.717, 1.165) is 15.9 Å². The molecule has 0 radical (unpaired) electrons. The standard InChI is InChI=1S/C14H20BrClN2/c15-12-7-6-11(13(16)9-12)8-14(18-17)10-4-2-1-3-5-10/h6-7,9-10,14,18H,1-5,8,17H2. The summed E-state index contributed by atoms with van der Waals surface area (Å²) in [5, 5.41) is 0.820. The fraction of sp³-hybridized carbons (Fsp3) is 0.571. The molecule has 2 rings (SSSR count). The molecule has 0 aliphatic heterocycles. The molecule has 1 aromatic carbocycles. The molecule has 100 valence electrons. The van der Waals surface area contributed by atoms with Crippen LogP contribution in [-0.4, -0.2) is 6.04 Å². The highest BCUT2D eigenvalue weighted by Gasteiger charge is 2.23. The van der Waals surface area contributed by atoms with Gasteiger partial charge in [0.15, 0.2) is 0 Å². The highest BCUT2D eigenvalue weighted by molar-refractivity contribution is 9.10. The van der Waals surface area contributed by atoms with Crippen molar-refractivity contribution in [2.24, 2.45) is 11.8 Å². The van der Waals surface area contributed by atoms with Gasteiger partial charge in [0.1, 0.15) is 0 Å². The summed E-state index contributed by atoms with van der Waals surface area (Å²) in [7, 11) is 0. The zero-order valence-corrected chi connectivity index (χ0v) is 12.8. The molecule has 1 atom stereocenters. The van der Waals surface area contributed by atoms with Crippen molar-refractivity contribution in [3.05, 3.63) is 33.3 Å². The van der Waals surface area contributed by atoms with Crippen molar-refractivity contribution in [2.75, 3.05) is 0 Å². The van der Waals surface area contributed by atoms with Crippen LogP contribution in [0.3, 0.4) is 0 Å². The summed E-state index contributed by atoms with van der Waals surface area (Å²) in [4.78, 5) is 0. The first-order valence-corrected chi connectivity index (χ1v) is 7.78. The number of halogens is 2. The molecule has 18 heavy (non-hydrogen) atoms. The van der Waals surface area contributed by atoms with Gasteiger partial charge in [-0.1, -0.05) is 52.9 Å². The molecule has 1 saturated carbocycles. The number of rotatable bonds is 4. The molecule has 1 fully saturated rings. The highest BCUT2D eigenvalue weighted by atomic mass is 79.9. The van der Waals surface area contributed by atoms with Crippen LogP contribution < -0.4 is 11.3 Å². The van der Waals surface area contributed by atoms with Crippen LogP contribution in [0.4, 0.5) is 0 Å². The van der Waals surface area contributed by atoms with Gasteiger partial charge in [-0.3, -0.25) is 11.3 Å². The molecule has 1 aliphatic carbocycles. The van der Waals surface area contributed by atoms with Gasteiger partial charge >= 0.3 is 0 Å². The Morgan fingerprint density at radius 3 is 2.67 bits per heavy atom. The van der Waals surface area contributed by atoms with E-state index in [1.807, 2.05) is 12.1 Å². The van der Waals surface area contributed by atoms with Crippen molar-refractivity contribution in [1.29, 1.82) is 0 Å². The second-order valence-corrected chi connectivity index (χ2v) is 6.43. The average molecular weight is 332 g/mol. The van der Waals surface area contributed by atoms with E-state index in [1.165, 1.54) is 37.7 Å². The van der Waals surface area contributed by atoms with Crippen LogP contribution in [0.5, 0.6) is 0 Å². The Bertz CT molecular complexity index is 391. The number of benzene rings is 1. The Labute approximate surface area is 122 Å². The predicted molar refractivity (Wildman–Crippen MR) is 80.5 cm³/mol. The molecule has 0 amide bonds. The van der Waals surface area contributed by atoms with Crippen molar-refractivity contribution in [2.45, 2.75) is 44.6 Å². The summed E-state index contributed by atoms with van der Waals surface area (Å²) in [5.74, 6) is 6.41. The highest BCUT2D eigenvalue weighted by Crippen LogP contribution is 2.29. The van der Waals surface area contributed by atoms with Crippen LogP contribution in [-0.2, 0) is 6.42 Å². The summed E-state index contributed by atoms with van der Waals surface area (Å²) in [6, 6.07) is 6.41. The normalized spacial score (nSPS) is 18.8. The van der Waals surface area contributed by atoms with Crippen LogP contribution in [0.2, 0.25) is 5.02 Å². The van der Waals surface area contributed by atoms with Crippen molar-refractivity contribution in [3.8, 4) is 0 Å². The lowest BCUT2D eigenvalue weighted by atomic mass is 9.82. The van der Waals surface area contributed by atoms with E-state index in [2.05, 4.69) is 27.4 Å². The Morgan fingerprint density at radius 1 is 1.33 bits per heavy atom. The summed E-state index contributed by atoms with van der Waals surface area (Å²) in [6.45, 7) is 0. The lowest BCUT2D eigenvalue weighted by Gasteiger charge is -2.30. The third-order valence-electron chi connectivity index (χ3n) is 3.89. The van der Waals surface area contributed by atoms with Crippen LogP contribution in [0.25, 0.3) is 0 Å². The summed E-state index contributed by atoms with van der Waals surface area (Å²) >= 11 is 9.70. The van der Waals surface area contributed by atoms with Gasteiger partial charge in [-0.15, -0.1) is 0 Å². The van der Waals surface area contributed by atoms with E-state index in [4.69, 9.17) is 17.4 Å². The lowest BCUT2D eigenvalue weighted by molar-refractivity contribution is 0.268. The Kier molecular flexibility index (Phi) is 5.49. The van der Waals surface area contributed by atoms with Crippen LogP contribution in [0.15, 0.2) is 22.7 Å². The SMILES string of the molecule is NNC(Cc1ccc(Br)cc1Cl)C1CCCCC1. The van der Waals surface area contributed by atoms with E-state index in [0.29, 0.717) is 12.0 Å². The molecule has 1 aromatic rings. The lowest BCUT2D eigenvalue weighted by Crippen LogP contribution is -2.43. The Hall–Kier alpha value is -0.0900. The zero-order chi connectivity index (χ0) is 13.0. The number of hydrazine groups is 1. The van der Waals surface area contributed by atoms with Gasteiger partial charge in [0, 0.05) is 15.5 Å². The first-order chi connectivity index (χ1) is 8.70. The van der Waals surface area contributed by atoms with Crippen LogP contribution >= 0.6 is 27.5 Å². The molecule has 1 unspecified atom stereocenters. The first-order valence-electron chi connectivity index (χ1n) is 6.60. The largest absolute Gasteiger partial charge is 0.271 e. The number of nitrogens with one attached hydrogen (secondary N) is 1. The predicted octanol–water partition coefficient (Wildman–Crippen LogP) is 4.06. The monoisotopic (exact) mass is 330 g/mol. The molecule has 0 bridgehead atoms. The molecule has 2 nitrogen and oxygen atoms in total. The smallest absolute Gasteiger partial charge is 0.0449 e. The fourth-order valence-corrected chi connectivity index (χ4v) is 3.57. The molecule has 0 aromatic heterocycles. The van der Waals surface area contributed by atoms with Gasteiger partial charge in [0.25, 0.3) is 0 Å². The van der Waals surface area contributed by atoms with Gasteiger partial charge in [-0.25, -0.2) is 0 Å². The topological polar surface area (TPSA) is 38.0 Å². The fourth-order valence-electron chi connectivity index (χ4n) is 2.82. The molecular weight excluding hydrogens is 312 g/mol. The molecular formula is C14H20BrClN2. The van der Waals surface area contributed by atoms with E-state index >= 15 is 0 Å². The third-order valence-corrected chi connectivity index (χ3v) is 4.73. The summed E-state index contributed by atoms with van der Waals surface area (Å²) in [6.07, 6.45) is 7.50. The first kappa shape index (κ1) is 14.3. The van der Waals surface area contributed by atoms with Crippen molar-refractivity contribution >= 4 is 27.5 Å². The Morgan fingerprint density at radius 2 is 2.06 bits per heavy atom. The minimum Gasteiger partial charge on any atom is -0.271 e. The van der Waals surface area contributed by atoms with Crippen LogP contribution in [0.1, 0.15) is 37.7 Å². The second-order valence-electron chi connectivity index (χ2n) is 5.11. The van der Waals surface area contributed by atoms with E-state index in [-0.39, 0.29) is 0 Å². The van der Waals surface area contributed by atoms with Gasteiger partial charge in [-0.2, -0.15) is 0 Å². The third kappa shape index (κ3) is 3.70. The minimum atomic E-state index is 0.337. The van der Waals surface area contributed by atoms with Crippen molar-refractivity contribution in [3.63, 3.8) is 0 Å². The molecule has 0 saturated heterocycles. The van der Waals surface area contributed by atoms with Gasteiger partial charge < -0.3 is 0 Å². The zero-order valence-electron chi connectivity index (χ0n) is 10.5. The molecule has 4 heteroatoms. The second kappa shape index (κ2) is 6.90. The van der Waals surface area contributed by atoms with Crippen molar-refractivity contribution in [1.82, 2.24) is 5.43 Å².